The SMILES string of the molecule is CCS(=O)(=O)CC(C)COc1c(Cl)cc(S(=O)(=O)c2ccc(OCC(CCl)OC(C)=O)cc2)cc1Cl. The average molecular weight is 602 g/mol. The first kappa shape index (κ1) is 30.5. The summed E-state index contributed by atoms with van der Waals surface area (Å²) in [6.45, 7) is 4.59. The van der Waals surface area contributed by atoms with Crippen molar-refractivity contribution in [3.8, 4) is 11.5 Å². The van der Waals surface area contributed by atoms with E-state index >= 15 is 0 Å². The van der Waals surface area contributed by atoms with Crippen molar-refractivity contribution in [3.05, 3.63) is 46.4 Å². The maximum atomic E-state index is 13.1. The number of halogens is 3. The number of hydrogen-bond donors (Lipinski definition) is 0. The van der Waals surface area contributed by atoms with E-state index in [9.17, 15) is 21.6 Å². The average Bonchev–Trinajstić information content (AvgIpc) is 2.80. The number of esters is 1. The van der Waals surface area contributed by atoms with Gasteiger partial charge in [0.15, 0.2) is 5.75 Å². The first-order valence-electron chi connectivity index (χ1n) is 10.8. The number of rotatable bonds is 13. The Balaban J connectivity index is 2.14. The van der Waals surface area contributed by atoms with Crippen LogP contribution in [0.4, 0.5) is 0 Å². The van der Waals surface area contributed by atoms with Crippen LogP contribution >= 0.6 is 34.8 Å². The highest BCUT2D eigenvalue weighted by molar-refractivity contribution is 7.91. The van der Waals surface area contributed by atoms with Gasteiger partial charge in [0.05, 0.1) is 38.1 Å². The first-order valence-corrected chi connectivity index (χ1v) is 15.4. The third kappa shape index (κ3) is 8.69. The summed E-state index contributed by atoms with van der Waals surface area (Å²) in [5.41, 5.74) is 0. The van der Waals surface area contributed by atoms with E-state index < -0.39 is 31.7 Å². The Morgan fingerprint density at radius 2 is 1.53 bits per heavy atom. The molecule has 0 amide bonds. The number of hydrogen-bond acceptors (Lipinski definition) is 8. The van der Waals surface area contributed by atoms with E-state index in [1.807, 2.05) is 0 Å². The Morgan fingerprint density at radius 1 is 0.944 bits per heavy atom. The molecule has 0 saturated heterocycles. The van der Waals surface area contributed by atoms with Crippen molar-refractivity contribution in [2.75, 3.05) is 30.6 Å². The number of alkyl halides is 1. The molecule has 0 fully saturated rings. The number of benzene rings is 2. The molecule has 2 unspecified atom stereocenters. The topological polar surface area (TPSA) is 113 Å². The van der Waals surface area contributed by atoms with Crippen molar-refractivity contribution in [3.63, 3.8) is 0 Å². The molecule has 200 valence electrons. The molecule has 0 heterocycles. The molecule has 0 spiro atoms. The van der Waals surface area contributed by atoms with Crippen molar-refractivity contribution in [1.29, 1.82) is 0 Å². The third-order valence-electron chi connectivity index (χ3n) is 4.85. The van der Waals surface area contributed by atoms with Gasteiger partial charge in [0.25, 0.3) is 0 Å². The Labute approximate surface area is 226 Å². The highest BCUT2D eigenvalue weighted by atomic mass is 35.5. The lowest BCUT2D eigenvalue weighted by Crippen LogP contribution is -2.25. The van der Waals surface area contributed by atoms with Gasteiger partial charge in [-0.3, -0.25) is 4.79 Å². The number of carbonyl (C=O) groups is 1. The molecule has 0 aromatic heterocycles. The predicted molar refractivity (Wildman–Crippen MR) is 139 cm³/mol. The number of carbonyl (C=O) groups excluding carboxylic acids is 1. The van der Waals surface area contributed by atoms with Gasteiger partial charge in [-0.15, -0.1) is 11.6 Å². The molecule has 2 atom stereocenters. The lowest BCUT2D eigenvalue weighted by Gasteiger charge is -2.16. The van der Waals surface area contributed by atoms with E-state index in [0.29, 0.717) is 5.75 Å². The van der Waals surface area contributed by atoms with Crippen LogP contribution in [0, 0.1) is 5.92 Å². The van der Waals surface area contributed by atoms with Gasteiger partial charge in [0.1, 0.15) is 28.3 Å². The van der Waals surface area contributed by atoms with Gasteiger partial charge < -0.3 is 14.2 Å². The van der Waals surface area contributed by atoms with Gasteiger partial charge in [0.2, 0.25) is 9.84 Å². The van der Waals surface area contributed by atoms with Gasteiger partial charge >= 0.3 is 5.97 Å². The molecule has 0 radical (unpaired) electrons. The van der Waals surface area contributed by atoms with Crippen molar-refractivity contribution < 1.29 is 35.8 Å². The second-order valence-electron chi connectivity index (χ2n) is 8.00. The molecule has 0 aliphatic carbocycles. The monoisotopic (exact) mass is 600 g/mol. The lowest BCUT2D eigenvalue weighted by molar-refractivity contribution is -0.146. The maximum Gasteiger partial charge on any atom is 0.303 e. The molecule has 0 saturated carbocycles. The zero-order valence-corrected chi connectivity index (χ0v) is 23.8. The summed E-state index contributed by atoms with van der Waals surface area (Å²) in [6, 6.07) is 8.07. The van der Waals surface area contributed by atoms with Crippen LogP contribution in [0.1, 0.15) is 20.8 Å². The second kappa shape index (κ2) is 13.2. The molecule has 13 heteroatoms. The summed E-state index contributed by atoms with van der Waals surface area (Å²) in [7, 11) is -7.16. The molecule has 0 aliphatic heterocycles. The Bertz CT molecular complexity index is 1240. The molecular formula is C23H27Cl3O8S2. The molecule has 8 nitrogen and oxygen atoms in total. The number of sulfone groups is 2. The Morgan fingerprint density at radius 3 is 2.03 bits per heavy atom. The van der Waals surface area contributed by atoms with Crippen LogP contribution in [0.2, 0.25) is 10.0 Å². The predicted octanol–water partition coefficient (Wildman–Crippen LogP) is 4.83. The van der Waals surface area contributed by atoms with Gasteiger partial charge in [-0.1, -0.05) is 37.0 Å². The van der Waals surface area contributed by atoms with E-state index in [-0.39, 0.29) is 62.1 Å². The second-order valence-corrected chi connectivity index (χ2v) is 13.5. The van der Waals surface area contributed by atoms with E-state index in [1.165, 1.54) is 43.3 Å². The summed E-state index contributed by atoms with van der Waals surface area (Å²) >= 11 is 18.3. The van der Waals surface area contributed by atoms with Crippen LogP contribution in [0.5, 0.6) is 11.5 Å². The minimum absolute atomic E-state index is 0.00481. The van der Waals surface area contributed by atoms with Gasteiger partial charge in [-0.25, -0.2) is 16.8 Å². The normalized spacial score (nSPS) is 13.6. The van der Waals surface area contributed by atoms with Gasteiger partial charge in [-0.05, 0) is 36.4 Å². The minimum Gasteiger partial charge on any atom is -0.490 e. The summed E-state index contributed by atoms with van der Waals surface area (Å²) in [5, 5.41) is -0.0478. The first-order chi connectivity index (χ1) is 16.8. The molecule has 0 aliphatic rings. The molecule has 2 aromatic rings. The summed E-state index contributed by atoms with van der Waals surface area (Å²) in [6.07, 6.45) is -0.642. The quantitative estimate of drug-likeness (QED) is 0.237. The van der Waals surface area contributed by atoms with Crippen LogP contribution in [-0.4, -0.2) is 59.5 Å². The summed E-state index contributed by atoms with van der Waals surface area (Å²) < 4.78 is 65.9. The highest BCUT2D eigenvalue weighted by Gasteiger charge is 2.23. The Kier molecular flexibility index (Phi) is 11.2. The van der Waals surface area contributed by atoms with Crippen molar-refractivity contribution >= 4 is 60.4 Å². The van der Waals surface area contributed by atoms with Crippen LogP contribution in [0.25, 0.3) is 0 Å². The fraction of sp³-hybridized carbons (Fsp3) is 0.435. The molecule has 0 bridgehead atoms. The van der Waals surface area contributed by atoms with Crippen LogP contribution in [0.3, 0.4) is 0 Å². The fourth-order valence-electron chi connectivity index (χ4n) is 3.04. The zero-order valence-electron chi connectivity index (χ0n) is 19.9. The largest absolute Gasteiger partial charge is 0.490 e. The van der Waals surface area contributed by atoms with E-state index in [1.54, 1.807) is 13.8 Å². The molecule has 36 heavy (non-hydrogen) atoms. The van der Waals surface area contributed by atoms with Crippen molar-refractivity contribution in [2.45, 2.75) is 36.7 Å². The van der Waals surface area contributed by atoms with Crippen LogP contribution in [0.15, 0.2) is 46.2 Å². The molecular weight excluding hydrogens is 575 g/mol. The van der Waals surface area contributed by atoms with Crippen molar-refractivity contribution in [1.82, 2.24) is 0 Å². The fourth-order valence-corrected chi connectivity index (χ4v) is 6.43. The standard InChI is InChI=1S/C23H27Cl3O8S2/c1-4-35(28,29)14-15(2)12-33-23-21(25)9-20(10-22(23)26)36(30,31)19-7-5-17(6-8-19)32-13-18(11-24)34-16(3)27/h5-10,15,18H,4,11-14H2,1-3H3. The van der Waals surface area contributed by atoms with E-state index in [4.69, 9.17) is 49.0 Å². The third-order valence-corrected chi connectivity index (χ3v) is 9.46. The lowest BCUT2D eigenvalue weighted by atomic mass is 10.2. The number of ether oxygens (including phenoxy) is 3. The smallest absolute Gasteiger partial charge is 0.303 e. The van der Waals surface area contributed by atoms with Gasteiger partial charge in [-0.2, -0.15) is 0 Å². The van der Waals surface area contributed by atoms with E-state index in [2.05, 4.69) is 0 Å². The van der Waals surface area contributed by atoms with Crippen LogP contribution in [-0.2, 0) is 29.2 Å². The zero-order chi connectivity index (χ0) is 27.1. The Hall–Kier alpha value is -1.72. The molecule has 2 aromatic carbocycles. The summed E-state index contributed by atoms with van der Waals surface area (Å²) in [5.74, 6) is -0.358. The van der Waals surface area contributed by atoms with Crippen LogP contribution < -0.4 is 9.47 Å². The highest BCUT2D eigenvalue weighted by Crippen LogP contribution is 2.37. The molecule has 0 N–H and O–H groups in total. The molecule has 2 rings (SSSR count). The van der Waals surface area contributed by atoms with Gasteiger partial charge in [0, 0.05) is 18.6 Å². The van der Waals surface area contributed by atoms with E-state index in [0.717, 1.165) is 0 Å². The van der Waals surface area contributed by atoms with Crippen molar-refractivity contribution in [2.24, 2.45) is 5.92 Å². The maximum absolute atomic E-state index is 13.1. The summed E-state index contributed by atoms with van der Waals surface area (Å²) in [4.78, 5) is 10.9. The minimum atomic E-state index is -3.98.